The summed E-state index contributed by atoms with van der Waals surface area (Å²) < 4.78 is 0. The molecule has 0 radical (unpaired) electrons. The van der Waals surface area contributed by atoms with E-state index in [-0.39, 0.29) is 18.1 Å². The fourth-order valence-electron chi connectivity index (χ4n) is 3.21. The highest BCUT2D eigenvalue weighted by Crippen LogP contribution is 2.41. The van der Waals surface area contributed by atoms with Crippen molar-refractivity contribution in [3.8, 4) is 0 Å². The topological polar surface area (TPSA) is 94.8 Å². The molecule has 0 heterocycles. The van der Waals surface area contributed by atoms with E-state index in [2.05, 4.69) is 6.92 Å². The molecule has 6 heteroatoms. The molecule has 0 saturated heterocycles. The molecule has 0 unspecified atom stereocenters. The number of aliphatic hydroxyl groups excluding tert-OH is 2. The van der Waals surface area contributed by atoms with Gasteiger partial charge in [-0.25, -0.2) is 0 Å². The first-order valence-electron chi connectivity index (χ1n) is 9.99. The molecular formula is C21H34O5S. The van der Waals surface area contributed by atoms with Gasteiger partial charge in [-0.15, -0.1) is 11.8 Å². The van der Waals surface area contributed by atoms with E-state index in [1.807, 2.05) is 6.08 Å². The first-order valence-corrected chi connectivity index (χ1v) is 11.0. The summed E-state index contributed by atoms with van der Waals surface area (Å²) in [6.45, 7) is 3.65. The predicted octanol–water partition coefficient (Wildman–Crippen LogP) is 4.09. The van der Waals surface area contributed by atoms with E-state index in [0.717, 1.165) is 42.8 Å². The first-order chi connectivity index (χ1) is 12.9. The maximum Gasteiger partial charge on any atom is 0.303 e. The van der Waals surface area contributed by atoms with E-state index in [1.54, 1.807) is 17.8 Å². The smallest absolute Gasteiger partial charge is 0.303 e. The van der Waals surface area contributed by atoms with Gasteiger partial charge in [0, 0.05) is 29.2 Å². The summed E-state index contributed by atoms with van der Waals surface area (Å²) in [4.78, 5) is 23.4. The summed E-state index contributed by atoms with van der Waals surface area (Å²) >= 11 is 1.58. The number of thioether (sulfide) groups is 1. The number of carboxylic acids is 1. The molecule has 0 fully saturated rings. The lowest BCUT2D eigenvalue weighted by Crippen LogP contribution is -2.14. The average molecular weight is 399 g/mol. The zero-order chi connectivity index (χ0) is 20.2. The molecule has 0 amide bonds. The number of carboxylic acid groups (broad SMARTS) is 1. The molecule has 0 aromatic heterocycles. The van der Waals surface area contributed by atoms with Crippen LogP contribution in [0.25, 0.3) is 0 Å². The van der Waals surface area contributed by atoms with Crippen LogP contribution >= 0.6 is 11.8 Å². The van der Waals surface area contributed by atoms with Crippen LogP contribution in [0.1, 0.15) is 71.6 Å². The Balaban J connectivity index is 2.62. The summed E-state index contributed by atoms with van der Waals surface area (Å²) in [5.41, 5.74) is 0.688. The SMILES string of the molecule is CCCCC[C@H](O)C=C[C@@H]1C(SCCCCCC(=O)O)=C(C(C)=O)C[C@H]1O. The Labute approximate surface area is 166 Å². The largest absolute Gasteiger partial charge is 0.481 e. The van der Waals surface area contributed by atoms with Gasteiger partial charge in [0.25, 0.3) is 0 Å². The molecule has 0 saturated carbocycles. The second-order valence-corrected chi connectivity index (χ2v) is 8.33. The van der Waals surface area contributed by atoms with Crippen LogP contribution in [0.2, 0.25) is 0 Å². The lowest BCUT2D eigenvalue weighted by atomic mass is 10.0. The van der Waals surface area contributed by atoms with Gasteiger partial charge in [-0.2, -0.15) is 0 Å². The van der Waals surface area contributed by atoms with Crippen molar-refractivity contribution in [3.63, 3.8) is 0 Å². The fraction of sp³-hybridized carbons (Fsp3) is 0.714. The highest BCUT2D eigenvalue weighted by molar-refractivity contribution is 8.03. The van der Waals surface area contributed by atoms with Crippen LogP contribution in [-0.4, -0.2) is 45.0 Å². The van der Waals surface area contributed by atoms with E-state index in [0.29, 0.717) is 24.8 Å². The zero-order valence-corrected chi connectivity index (χ0v) is 17.3. The third kappa shape index (κ3) is 9.08. The fourth-order valence-corrected chi connectivity index (χ4v) is 4.61. The van der Waals surface area contributed by atoms with E-state index in [1.165, 1.54) is 6.92 Å². The number of ketones is 1. The summed E-state index contributed by atoms with van der Waals surface area (Å²) in [5.74, 6) is -0.233. The van der Waals surface area contributed by atoms with E-state index < -0.39 is 18.2 Å². The van der Waals surface area contributed by atoms with Crippen LogP contribution in [0.5, 0.6) is 0 Å². The molecule has 154 valence electrons. The second kappa shape index (κ2) is 13.1. The maximum absolute atomic E-state index is 11.9. The van der Waals surface area contributed by atoms with Gasteiger partial charge >= 0.3 is 5.97 Å². The summed E-state index contributed by atoms with van der Waals surface area (Å²) in [7, 11) is 0. The summed E-state index contributed by atoms with van der Waals surface area (Å²) in [5, 5.41) is 29.2. The summed E-state index contributed by atoms with van der Waals surface area (Å²) in [6.07, 6.45) is 9.25. The molecule has 3 atom stereocenters. The number of unbranched alkanes of at least 4 members (excludes halogenated alkanes) is 4. The standard InChI is InChI=1S/C21H34O5S/c1-3-4-6-9-16(23)11-12-17-19(24)14-18(15(2)22)21(17)27-13-8-5-7-10-20(25)26/h11-12,16-17,19,23-24H,3-10,13-14H2,1-2H3,(H,25,26)/t16-,17-,19+/m0/s1. The normalized spacial score (nSPS) is 21.2. The van der Waals surface area contributed by atoms with Gasteiger partial charge in [-0.3, -0.25) is 9.59 Å². The number of aliphatic carboxylic acids is 1. The van der Waals surface area contributed by atoms with Crippen LogP contribution in [0, 0.1) is 5.92 Å². The Morgan fingerprint density at radius 1 is 1.22 bits per heavy atom. The zero-order valence-electron chi connectivity index (χ0n) is 16.5. The van der Waals surface area contributed by atoms with E-state index in [4.69, 9.17) is 5.11 Å². The number of Topliss-reactive ketones (excluding diaryl/α,β-unsaturated/α-hetero) is 1. The molecule has 27 heavy (non-hydrogen) atoms. The Hall–Kier alpha value is -1.11. The number of carbonyl (C=O) groups excluding carboxylic acids is 1. The minimum Gasteiger partial charge on any atom is -0.481 e. The molecule has 1 aliphatic carbocycles. The van der Waals surface area contributed by atoms with E-state index in [9.17, 15) is 19.8 Å². The number of rotatable bonds is 14. The first kappa shape index (κ1) is 23.9. The summed E-state index contributed by atoms with van der Waals surface area (Å²) in [6, 6.07) is 0. The average Bonchev–Trinajstić information content (AvgIpc) is 2.92. The van der Waals surface area contributed by atoms with Gasteiger partial charge in [-0.1, -0.05) is 44.8 Å². The predicted molar refractivity (Wildman–Crippen MR) is 110 cm³/mol. The number of aliphatic hydroxyl groups is 2. The molecule has 0 aromatic rings. The Morgan fingerprint density at radius 2 is 1.96 bits per heavy atom. The van der Waals surface area contributed by atoms with Crippen molar-refractivity contribution >= 4 is 23.5 Å². The third-order valence-electron chi connectivity index (χ3n) is 4.79. The van der Waals surface area contributed by atoms with Gasteiger partial charge in [0.2, 0.25) is 0 Å². The lowest BCUT2D eigenvalue weighted by molar-refractivity contribution is -0.137. The molecule has 0 bridgehead atoms. The third-order valence-corrected chi connectivity index (χ3v) is 6.11. The number of hydrogen-bond acceptors (Lipinski definition) is 5. The molecule has 5 nitrogen and oxygen atoms in total. The molecule has 0 aliphatic heterocycles. The van der Waals surface area contributed by atoms with Crippen molar-refractivity contribution in [1.82, 2.24) is 0 Å². The maximum atomic E-state index is 11.9. The van der Waals surface area contributed by atoms with Gasteiger partial charge < -0.3 is 15.3 Å². The molecular weight excluding hydrogens is 364 g/mol. The van der Waals surface area contributed by atoms with Crippen molar-refractivity contribution in [2.45, 2.75) is 83.8 Å². The molecule has 1 aliphatic rings. The van der Waals surface area contributed by atoms with Crippen molar-refractivity contribution < 1.29 is 24.9 Å². The molecule has 0 spiro atoms. The monoisotopic (exact) mass is 398 g/mol. The Morgan fingerprint density at radius 3 is 2.59 bits per heavy atom. The van der Waals surface area contributed by atoms with Crippen LogP contribution in [-0.2, 0) is 9.59 Å². The Kier molecular flexibility index (Phi) is 11.6. The van der Waals surface area contributed by atoms with Gasteiger partial charge in [0.1, 0.15) is 0 Å². The van der Waals surface area contributed by atoms with E-state index >= 15 is 0 Å². The van der Waals surface area contributed by atoms with Crippen molar-refractivity contribution in [2.24, 2.45) is 5.92 Å². The molecule has 3 N–H and O–H groups in total. The quantitative estimate of drug-likeness (QED) is 0.301. The minimum absolute atomic E-state index is 0.0122. The van der Waals surface area contributed by atoms with Crippen molar-refractivity contribution in [3.05, 3.63) is 22.6 Å². The number of carbonyl (C=O) groups is 2. The lowest BCUT2D eigenvalue weighted by Gasteiger charge is -2.16. The van der Waals surface area contributed by atoms with Gasteiger partial charge in [0.15, 0.2) is 5.78 Å². The highest BCUT2D eigenvalue weighted by atomic mass is 32.2. The number of hydrogen-bond donors (Lipinski definition) is 3. The molecule has 1 rings (SSSR count). The van der Waals surface area contributed by atoms with Crippen molar-refractivity contribution in [2.75, 3.05) is 5.75 Å². The van der Waals surface area contributed by atoms with Crippen LogP contribution in [0.15, 0.2) is 22.6 Å². The second-order valence-electron chi connectivity index (χ2n) is 7.20. The van der Waals surface area contributed by atoms with Crippen LogP contribution < -0.4 is 0 Å². The van der Waals surface area contributed by atoms with Crippen molar-refractivity contribution in [1.29, 1.82) is 0 Å². The Bertz CT molecular complexity index is 541. The van der Waals surface area contributed by atoms with Crippen LogP contribution in [0.4, 0.5) is 0 Å². The minimum atomic E-state index is -0.772. The highest BCUT2D eigenvalue weighted by Gasteiger charge is 2.33. The molecule has 0 aromatic carbocycles. The van der Waals surface area contributed by atoms with Gasteiger partial charge in [-0.05, 0) is 31.9 Å². The van der Waals surface area contributed by atoms with Crippen LogP contribution in [0.3, 0.4) is 0 Å². The van der Waals surface area contributed by atoms with Gasteiger partial charge in [0.05, 0.1) is 12.2 Å².